The molecule has 2 rings (SSSR count). The standard InChI is InChI=1S/C21H33N3O2/c1-17(14-15-18-9-4-2-5-10-18)23-20(25)13-8-16-22-21(26)24-19-11-6-3-7-12-19/h2,4-5,9-10,17,19H,3,6-8,11-16H2,1H3,(H,23,25)(H2,22,24,26)/t17-/m1/s1. The fourth-order valence-corrected chi connectivity index (χ4v) is 3.38. The van der Waals surface area contributed by atoms with Gasteiger partial charge in [0, 0.05) is 25.0 Å². The Kier molecular flexibility index (Phi) is 9.01. The van der Waals surface area contributed by atoms with Gasteiger partial charge in [0.25, 0.3) is 0 Å². The van der Waals surface area contributed by atoms with Crippen LogP contribution in [-0.4, -0.2) is 30.6 Å². The molecule has 1 fully saturated rings. The Balaban J connectivity index is 1.50. The van der Waals surface area contributed by atoms with Crippen LogP contribution in [0.2, 0.25) is 0 Å². The van der Waals surface area contributed by atoms with Gasteiger partial charge in [-0.25, -0.2) is 4.79 Å². The van der Waals surface area contributed by atoms with Crippen molar-refractivity contribution in [3.05, 3.63) is 35.9 Å². The number of nitrogens with one attached hydrogen (secondary N) is 3. The van der Waals surface area contributed by atoms with E-state index in [-0.39, 0.29) is 18.0 Å². The van der Waals surface area contributed by atoms with Crippen LogP contribution < -0.4 is 16.0 Å². The number of rotatable bonds is 9. The predicted octanol–water partition coefficient (Wildman–Crippen LogP) is 3.54. The summed E-state index contributed by atoms with van der Waals surface area (Å²) in [5.41, 5.74) is 1.29. The first kappa shape index (κ1) is 20.3. The largest absolute Gasteiger partial charge is 0.354 e. The third kappa shape index (κ3) is 8.37. The monoisotopic (exact) mass is 359 g/mol. The lowest BCUT2D eigenvalue weighted by Crippen LogP contribution is -2.43. The molecule has 1 aromatic rings. The molecule has 5 nitrogen and oxygen atoms in total. The third-order valence-corrected chi connectivity index (χ3v) is 4.92. The molecule has 0 radical (unpaired) electrons. The summed E-state index contributed by atoms with van der Waals surface area (Å²) in [4.78, 5) is 23.8. The van der Waals surface area contributed by atoms with Crippen LogP contribution in [0.5, 0.6) is 0 Å². The molecule has 0 saturated heterocycles. The molecule has 1 aliphatic carbocycles. The van der Waals surface area contributed by atoms with Crippen LogP contribution >= 0.6 is 0 Å². The topological polar surface area (TPSA) is 70.2 Å². The maximum atomic E-state index is 12.0. The summed E-state index contributed by atoms with van der Waals surface area (Å²) in [6.07, 6.45) is 8.84. The Labute approximate surface area is 157 Å². The maximum absolute atomic E-state index is 12.0. The summed E-state index contributed by atoms with van der Waals surface area (Å²) in [6.45, 7) is 2.57. The van der Waals surface area contributed by atoms with Gasteiger partial charge in [-0.3, -0.25) is 4.79 Å². The molecule has 0 spiro atoms. The molecule has 1 aromatic carbocycles. The van der Waals surface area contributed by atoms with Gasteiger partial charge in [-0.15, -0.1) is 0 Å². The van der Waals surface area contributed by atoms with Crippen LogP contribution in [0.4, 0.5) is 4.79 Å². The summed E-state index contributed by atoms with van der Waals surface area (Å²) >= 11 is 0. The van der Waals surface area contributed by atoms with Gasteiger partial charge in [-0.1, -0.05) is 49.6 Å². The van der Waals surface area contributed by atoms with Crippen molar-refractivity contribution in [2.24, 2.45) is 0 Å². The normalized spacial score (nSPS) is 15.9. The number of hydrogen-bond acceptors (Lipinski definition) is 2. The average molecular weight is 360 g/mol. The first-order chi connectivity index (χ1) is 12.6. The number of amides is 3. The highest BCUT2D eigenvalue weighted by Crippen LogP contribution is 2.17. The Bertz CT molecular complexity index is 541. The number of benzene rings is 1. The lowest BCUT2D eigenvalue weighted by atomic mass is 9.96. The number of urea groups is 1. The third-order valence-electron chi connectivity index (χ3n) is 4.92. The first-order valence-corrected chi connectivity index (χ1v) is 10.0. The Morgan fingerprint density at radius 3 is 2.58 bits per heavy atom. The van der Waals surface area contributed by atoms with E-state index in [1.807, 2.05) is 25.1 Å². The van der Waals surface area contributed by atoms with Crippen LogP contribution in [0.15, 0.2) is 30.3 Å². The zero-order chi connectivity index (χ0) is 18.6. The number of aryl methyl sites for hydroxylation is 1. The van der Waals surface area contributed by atoms with E-state index in [0.29, 0.717) is 25.4 Å². The summed E-state index contributed by atoms with van der Waals surface area (Å²) in [7, 11) is 0. The number of hydrogen-bond donors (Lipinski definition) is 3. The highest BCUT2D eigenvalue weighted by Gasteiger charge is 2.15. The zero-order valence-corrected chi connectivity index (χ0v) is 15.9. The maximum Gasteiger partial charge on any atom is 0.315 e. The molecule has 0 aromatic heterocycles. The van der Waals surface area contributed by atoms with Gasteiger partial charge in [0.15, 0.2) is 0 Å². The smallest absolute Gasteiger partial charge is 0.315 e. The van der Waals surface area contributed by atoms with Crippen LogP contribution in [0.3, 0.4) is 0 Å². The number of carbonyl (C=O) groups excluding carboxylic acids is 2. The number of carbonyl (C=O) groups is 2. The minimum atomic E-state index is -0.103. The minimum absolute atomic E-state index is 0.0556. The molecule has 0 heterocycles. The second kappa shape index (κ2) is 11.6. The second-order valence-electron chi connectivity index (χ2n) is 7.33. The lowest BCUT2D eigenvalue weighted by Gasteiger charge is -2.22. The van der Waals surface area contributed by atoms with E-state index in [2.05, 4.69) is 28.1 Å². The second-order valence-corrected chi connectivity index (χ2v) is 7.33. The van der Waals surface area contributed by atoms with Crippen LogP contribution in [-0.2, 0) is 11.2 Å². The fourth-order valence-electron chi connectivity index (χ4n) is 3.38. The van der Waals surface area contributed by atoms with E-state index in [4.69, 9.17) is 0 Å². The van der Waals surface area contributed by atoms with E-state index in [1.54, 1.807) is 0 Å². The fraction of sp³-hybridized carbons (Fsp3) is 0.619. The van der Waals surface area contributed by atoms with Crippen LogP contribution in [0.25, 0.3) is 0 Å². The molecule has 144 valence electrons. The van der Waals surface area contributed by atoms with E-state index < -0.39 is 0 Å². The van der Waals surface area contributed by atoms with Crippen LogP contribution in [0, 0.1) is 0 Å². The molecule has 1 saturated carbocycles. The van der Waals surface area contributed by atoms with Crippen molar-refractivity contribution in [3.8, 4) is 0 Å². The summed E-state index contributed by atoms with van der Waals surface area (Å²) < 4.78 is 0. The van der Waals surface area contributed by atoms with Gasteiger partial charge in [-0.2, -0.15) is 0 Å². The van der Waals surface area contributed by atoms with Crippen molar-refractivity contribution >= 4 is 11.9 Å². The SMILES string of the molecule is C[C@H](CCc1ccccc1)NC(=O)CCCNC(=O)NC1CCCCC1. The molecular weight excluding hydrogens is 326 g/mol. The molecule has 0 unspecified atom stereocenters. The quantitative estimate of drug-likeness (QED) is 0.590. The minimum Gasteiger partial charge on any atom is -0.354 e. The summed E-state index contributed by atoms with van der Waals surface area (Å²) in [5.74, 6) is 0.0556. The van der Waals surface area contributed by atoms with E-state index in [9.17, 15) is 9.59 Å². The molecular formula is C21H33N3O2. The molecule has 1 aliphatic rings. The predicted molar refractivity (Wildman–Crippen MR) is 105 cm³/mol. The average Bonchev–Trinajstić information content (AvgIpc) is 2.65. The lowest BCUT2D eigenvalue weighted by molar-refractivity contribution is -0.121. The molecule has 26 heavy (non-hydrogen) atoms. The molecule has 0 bridgehead atoms. The van der Waals surface area contributed by atoms with Crippen molar-refractivity contribution < 1.29 is 9.59 Å². The van der Waals surface area contributed by atoms with Gasteiger partial charge >= 0.3 is 6.03 Å². The van der Waals surface area contributed by atoms with Gasteiger partial charge < -0.3 is 16.0 Å². The van der Waals surface area contributed by atoms with Gasteiger partial charge in [0.1, 0.15) is 0 Å². The Morgan fingerprint density at radius 1 is 1.12 bits per heavy atom. The van der Waals surface area contributed by atoms with Gasteiger partial charge in [-0.05, 0) is 44.6 Å². The van der Waals surface area contributed by atoms with E-state index >= 15 is 0 Å². The van der Waals surface area contributed by atoms with Crippen molar-refractivity contribution in [3.63, 3.8) is 0 Å². The van der Waals surface area contributed by atoms with E-state index in [0.717, 1.165) is 25.7 Å². The first-order valence-electron chi connectivity index (χ1n) is 10.0. The van der Waals surface area contributed by atoms with Crippen molar-refractivity contribution in [2.75, 3.05) is 6.54 Å². The molecule has 5 heteroatoms. The highest BCUT2D eigenvalue weighted by molar-refractivity contribution is 5.76. The van der Waals surface area contributed by atoms with E-state index in [1.165, 1.54) is 24.8 Å². The molecule has 3 amide bonds. The summed E-state index contributed by atoms with van der Waals surface area (Å²) in [6, 6.07) is 10.7. The Morgan fingerprint density at radius 2 is 1.85 bits per heavy atom. The zero-order valence-electron chi connectivity index (χ0n) is 15.9. The molecule has 0 aliphatic heterocycles. The van der Waals surface area contributed by atoms with Crippen molar-refractivity contribution in [1.29, 1.82) is 0 Å². The van der Waals surface area contributed by atoms with Crippen molar-refractivity contribution in [2.45, 2.75) is 76.8 Å². The highest BCUT2D eigenvalue weighted by atomic mass is 16.2. The summed E-state index contributed by atoms with van der Waals surface area (Å²) in [5, 5.41) is 8.91. The molecule has 1 atom stereocenters. The van der Waals surface area contributed by atoms with Crippen LogP contribution in [0.1, 0.15) is 63.9 Å². The van der Waals surface area contributed by atoms with Gasteiger partial charge in [0.05, 0.1) is 0 Å². The Hall–Kier alpha value is -2.04. The molecule has 3 N–H and O–H groups in total. The van der Waals surface area contributed by atoms with Gasteiger partial charge in [0.2, 0.25) is 5.91 Å². The van der Waals surface area contributed by atoms with Crippen molar-refractivity contribution in [1.82, 2.24) is 16.0 Å².